The van der Waals surface area contributed by atoms with Crippen LogP contribution in [0.5, 0.6) is 11.5 Å². The summed E-state index contributed by atoms with van der Waals surface area (Å²) in [5, 5.41) is 11.1. The number of H-pyrrole nitrogens is 1. The van der Waals surface area contributed by atoms with E-state index in [0.29, 0.717) is 41.0 Å². The summed E-state index contributed by atoms with van der Waals surface area (Å²) in [6.45, 7) is 5.24. The lowest BCUT2D eigenvalue weighted by molar-refractivity contribution is 0.0951. The molecule has 156 valence electrons. The maximum Gasteiger partial charge on any atom is 0.292 e. The van der Waals surface area contributed by atoms with E-state index in [4.69, 9.17) is 9.47 Å². The summed E-state index contributed by atoms with van der Waals surface area (Å²) in [6.07, 6.45) is 3.27. The van der Waals surface area contributed by atoms with Crippen molar-refractivity contribution in [2.75, 3.05) is 13.2 Å². The van der Waals surface area contributed by atoms with Crippen molar-refractivity contribution < 1.29 is 14.3 Å². The molecular weight excluding hydrogens is 384 g/mol. The highest BCUT2D eigenvalue weighted by atomic mass is 16.5. The first kappa shape index (κ1) is 21.0. The second-order valence-electron chi connectivity index (χ2n) is 6.54. The highest BCUT2D eigenvalue weighted by molar-refractivity contribution is 6.04. The van der Waals surface area contributed by atoms with E-state index in [1.165, 1.54) is 6.21 Å². The number of nitrogens with one attached hydrogen (secondary N) is 2. The average Bonchev–Trinajstić information content (AvgIpc) is 2.77. The number of fused-ring (bicyclic) bond motifs is 1. The van der Waals surface area contributed by atoms with Gasteiger partial charge in [-0.2, -0.15) is 10.2 Å². The molecule has 2 N–H and O–H groups in total. The lowest BCUT2D eigenvalue weighted by Gasteiger charge is -2.11. The van der Waals surface area contributed by atoms with E-state index in [1.807, 2.05) is 32.0 Å². The number of hydrogen-bond acceptors (Lipinski definition) is 6. The SMILES string of the molecule is CCCOc1ccc(C=NNC(=O)c2n[nH]c(=O)c3ccccc23)c(OCCC)c1. The van der Waals surface area contributed by atoms with Gasteiger partial charge in [-0.15, -0.1) is 0 Å². The van der Waals surface area contributed by atoms with Crippen LogP contribution in [0.15, 0.2) is 52.4 Å². The second kappa shape index (κ2) is 10.2. The normalized spacial score (nSPS) is 11.0. The Morgan fingerprint density at radius 1 is 1.10 bits per heavy atom. The predicted octanol–water partition coefficient (Wildman–Crippen LogP) is 3.26. The molecule has 2 aromatic carbocycles. The number of aromatic nitrogens is 2. The topological polar surface area (TPSA) is 106 Å². The molecule has 0 bridgehead atoms. The van der Waals surface area contributed by atoms with Crippen LogP contribution in [-0.4, -0.2) is 35.5 Å². The lowest BCUT2D eigenvalue weighted by Crippen LogP contribution is -2.22. The van der Waals surface area contributed by atoms with Crippen molar-refractivity contribution in [3.05, 3.63) is 64.1 Å². The summed E-state index contributed by atoms with van der Waals surface area (Å²) in [4.78, 5) is 24.4. The van der Waals surface area contributed by atoms with Crippen LogP contribution in [0.3, 0.4) is 0 Å². The van der Waals surface area contributed by atoms with E-state index in [2.05, 4.69) is 20.7 Å². The lowest BCUT2D eigenvalue weighted by atomic mass is 10.1. The van der Waals surface area contributed by atoms with Crippen LogP contribution in [-0.2, 0) is 0 Å². The maximum atomic E-state index is 12.5. The number of nitrogens with zero attached hydrogens (tertiary/aromatic N) is 2. The van der Waals surface area contributed by atoms with Gasteiger partial charge >= 0.3 is 0 Å². The molecule has 3 aromatic rings. The molecule has 0 fully saturated rings. The predicted molar refractivity (Wildman–Crippen MR) is 115 cm³/mol. The fourth-order valence-electron chi connectivity index (χ4n) is 2.77. The van der Waals surface area contributed by atoms with E-state index < -0.39 is 5.91 Å². The Balaban J connectivity index is 1.78. The molecule has 0 saturated carbocycles. The standard InChI is InChI=1S/C22H24N4O4/c1-3-11-29-16-10-9-15(19(13-16)30-12-4-2)14-23-25-22(28)20-17-7-5-6-8-18(17)21(27)26-24-20/h5-10,13-14H,3-4,11-12H2,1-2H3,(H,25,28)(H,26,27). The molecule has 30 heavy (non-hydrogen) atoms. The van der Waals surface area contributed by atoms with Crippen LogP contribution in [0.1, 0.15) is 42.7 Å². The molecule has 0 spiro atoms. The molecule has 0 aliphatic rings. The Kier molecular flexibility index (Phi) is 7.15. The molecule has 1 amide bonds. The van der Waals surface area contributed by atoms with Crippen LogP contribution in [0.4, 0.5) is 0 Å². The Hall–Kier alpha value is -3.68. The molecule has 0 aliphatic carbocycles. The molecule has 0 saturated heterocycles. The van der Waals surface area contributed by atoms with Crippen molar-refractivity contribution in [2.24, 2.45) is 5.10 Å². The number of carbonyl (C=O) groups is 1. The summed E-state index contributed by atoms with van der Waals surface area (Å²) < 4.78 is 11.4. The van der Waals surface area contributed by atoms with E-state index in [1.54, 1.807) is 24.3 Å². The van der Waals surface area contributed by atoms with Gasteiger partial charge in [0.1, 0.15) is 11.5 Å². The minimum Gasteiger partial charge on any atom is -0.493 e. The third-order valence-electron chi connectivity index (χ3n) is 4.20. The van der Waals surface area contributed by atoms with E-state index in [-0.39, 0.29) is 11.3 Å². The number of carbonyl (C=O) groups excluding carboxylic acids is 1. The Morgan fingerprint density at radius 2 is 1.83 bits per heavy atom. The van der Waals surface area contributed by atoms with Gasteiger partial charge in [0.15, 0.2) is 5.69 Å². The molecule has 0 radical (unpaired) electrons. The highest BCUT2D eigenvalue weighted by Gasteiger charge is 2.13. The fraction of sp³-hybridized carbons (Fsp3) is 0.273. The van der Waals surface area contributed by atoms with Crippen molar-refractivity contribution in [3.8, 4) is 11.5 Å². The van der Waals surface area contributed by atoms with Crippen LogP contribution in [0.25, 0.3) is 10.8 Å². The van der Waals surface area contributed by atoms with Crippen LogP contribution >= 0.6 is 0 Å². The van der Waals surface area contributed by atoms with E-state index >= 15 is 0 Å². The van der Waals surface area contributed by atoms with Gasteiger partial charge in [0, 0.05) is 17.0 Å². The highest BCUT2D eigenvalue weighted by Crippen LogP contribution is 2.24. The summed E-state index contributed by atoms with van der Waals surface area (Å²) in [5.74, 6) is 0.807. The largest absolute Gasteiger partial charge is 0.493 e. The fourth-order valence-corrected chi connectivity index (χ4v) is 2.77. The van der Waals surface area contributed by atoms with Crippen molar-refractivity contribution >= 4 is 22.9 Å². The summed E-state index contributed by atoms with van der Waals surface area (Å²) in [5.41, 5.74) is 2.89. The van der Waals surface area contributed by atoms with Crippen molar-refractivity contribution in [2.45, 2.75) is 26.7 Å². The smallest absolute Gasteiger partial charge is 0.292 e. The number of benzene rings is 2. The zero-order valence-electron chi connectivity index (χ0n) is 17.0. The van der Waals surface area contributed by atoms with Gasteiger partial charge < -0.3 is 9.47 Å². The van der Waals surface area contributed by atoms with E-state index in [0.717, 1.165) is 12.8 Å². The van der Waals surface area contributed by atoms with Crippen molar-refractivity contribution in [3.63, 3.8) is 0 Å². The Bertz CT molecular complexity index is 1110. The monoisotopic (exact) mass is 408 g/mol. The number of aromatic amines is 1. The quantitative estimate of drug-likeness (QED) is 0.418. The minimum atomic E-state index is -0.530. The summed E-state index contributed by atoms with van der Waals surface area (Å²) in [6, 6.07) is 12.2. The number of hydrogen-bond donors (Lipinski definition) is 2. The van der Waals surface area contributed by atoms with E-state index in [9.17, 15) is 9.59 Å². The average molecular weight is 408 g/mol. The molecule has 8 heteroatoms. The second-order valence-corrected chi connectivity index (χ2v) is 6.54. The molecule has 3 rings (SSSR count). The minimum absolute atomic E-state index is 0.0909. The summed E-state index contributed by atoms with van der Waals surface area (Å²) >= 11 is 0. The Labute approximate surface area is 173 Å². The van der Waals surface area contributed by atoms with Gasteiger partial charge in [0.2, 0.25) is 0 Å². The van der Waals surface area contributed by atoms with Crippen molar-refractivity contribution in [1.29, 1.82) is 0 Å². The molecule has 0 aliphatic heterocycles. The third kappa shape index (κ3) is 5.02. The number of hydrazone groups is 1. The first-order valence-corrected chi connectivity index (χ1v) is 9.84. The molecule has 0 unspecified atom stereocenters. The van der Waals surface area contributed by atoms with Crippen LogP contribution in [0.2, 0.25) is 0 Å². The zero-order valence-corrected chi connectivity index (χ0v) is 17.0. The van der Waals surface area contributed by atoms with Crippen molar-refractivity contribution in [1.82, 2.24) is 15.6 Å². The van der Waals surface area contributed by atoms with Gasteiger partial charge in [-0.3, -0.25) is 9.59 Å². The third-order valence-corrected chi connectivity index (χ3v) is 4.20. The maximum absolute atomic E-state index is 12.5. The zero-order chi connectivity index (χ0) is 21.3. The molecule has 8 nitrogen and oxygen atoms in total. The van der Waals surface area contributed by atoms with Gasteiger partial charge in [0.25, 0.3) is 11.5 Å². The molecule has 0 atom stereocenters. The number of amides is 1. The summed E-state index contributed by atoms with van der Waals surface area (Å²) in [7, 11) is 0. The van der Waals surface area contributed by atoms with Crippen LogP contribution < -0.4 is 20.5 Å². The molecule has 1 heterocycles. The Morgan fingerprint density at radius 3 is 2.60 bits per heavy atom. The van der Waals surface area contributed by atoms with Gasteiger partial charge in [-0.25, -0.2) is 10.5 Å². The first-order chi connectivity index (χ1) is 14.6. The number of ether oxygens (including phenoxy) is 2. The number of rotatable bonds is 9. The molecular formula is C22H24N4O4. The van der Waals surface area contributed by atoms with Gasteiger partial charge in [0.05, 0.1) is 24.8 Å². The van der Waals surface area contributed by atoms with Gasteiger partial charge in [-0.05, 0) is 31.0 Å². The van der Waals surface area contributed by atoms with Gasteiger partial charge in [-0.1, -0.05) is 32.0 Å². The molecule has 1 aromatic heterocycles. The first-order valence-electron chi connectivity index (χ1n) is 9.84. The van der Waals surface area contributed by atoms with Crippen LogP contribution in [0, 0.1) is 0 Å².